The maximum Gasteiger partial charge on any atom is 0.169 e. The van der Waals surface area contributed by atoms with Gasteiger partial charge in [0.25, 0.3) is 0 Å². The Balaban J connectivity index is 1.76. The SMILES string of the molecule is Cc1ccccc1Oc1ccccc1OC(C)C1CCCN1. The second kappa shape index (κ2) is 6.84. The van der Waals surface area contributed by atoms with Gasteiger partial charge in [-0.3, -0.25) is 0 Å². The molecule has 1 heterocycles. The first kappa shape index (κ1) is 14.9. The van der Waals surface area contributed by atoms with Gasteiger partial charge in [-0.1, -0.05) is 30.3 Å². The number of hydrogen-bond donors (Lipinski definition) is 1. The summed E-state index contributed by atoms with van der Waals surface area (Å²) >= 11 is 0. The third kappa shape index (κ3) is 3.42. The smallest absolute Gasteiger partial charge is 0.169 e. The van der Waals surface area contributed by atoms with Crippen molar-refractivity contribution in [2.24, 2.45) is 0 Å². The van der Waals surface area contributed by atoms with E-state index in [9.17, 15) is 0 Å². The Kier molecular flexibility index (Phi) is 4.64. The van der Waals surface area contributed by atoms with Gasteiger partial charge in [0.1, 0.15) is 11.9 Å². The highest BCUT2D eigenvalue weighted by Gasteiger charge is 2.23. The molecule has 0 aromatic heterocycles. The van der Waals surface area contributed by atoms with Crippen LogP contribution in [0, 0.1) is 6.92 Å². The Morgan fingerprint density at radius 2 is 1.68 bits per heavy atom. The van der Waals surface area contributed by atoms with Crippen LogP contribution in [0.2, 0.25) is 0 Å². The summed E-state index contributed by atoms with van der Waals surface area (Å²) in [6.07, 6.45) is 2.52. The number of benzene rings is 2. The van der Waals surface area contributed by atoms with E-state index in [0.29, 0.717) is 6.04 Å². The lowest BCUT2D eigenvalue weighted by Gasteiger charge is -2.22. The Morgan fingerprint density at radius 3 is 2.36 bits per heavy atom. The summed E-state index contributed by atoms with van der Waals surface area (Å²) in [4.78, 5) is 0. The summed E-state index contributed by atoms with van der Waals surface area (Å²) in [5.74, 6) is 2.43. The quantitative estimate of drug-likeness (QED) is 0.892. The molecule has 1 aliphatic rings. The van der Waals surface area contributed by atoms with Gasteiger partial charge in [0.05, 0.1) is 0 Å². The van der Waals surface area contributed by atoms with E-state index >= 15 is 0 Å². The van der Waals surface area contributed by atoms with Crippen molar-refractivity contribution in [3.63, 3.8) is 0 Å². The number of para-hydroxylation sites is 3. The summed E-state index contributed by atoms with van der Waals surface area (Å²) in [5.41, 5.74) is 1.11. The lowest BCUT2D eigenvalue weighted by Crippen LogP contribution is -2.36. The third-order valence-corrected chi connectivity index (χ3v) is 4.14. The molecular weight excluding hydrogens is 274 g/mol. The third-order valence-electron chi connectivity index (χ3n) is 4.14. The molecule has 2 aromatic rings. The molecule has 1 N–H and O–H groups in total. The normalized spacial score (nSPS) is 18.9. The molecule has 1 fully saturated rings. The van der Waals surface area contributed by atoms with E-state index in [2.05, 4.69) is 12.2 Å². The van der Waals surface area contributed by atoms with E-state index < -0.39 is 0 Å². The molecule has 2 atom stereocenters. The van der Waals surface area contributed by atoms with Crippen molar-refractivity contribution in [2.75, 3.05) is 6.54 Å². The molecule has 0 bridgehead atoms. The molecule has 2 aromatic carbocycles. The van der Waals surface area contributed by atoms with Crippen LogP contribution in [0.5, 0.6) is 17.2 Å². The first-order valence-corrected chi connectivity index (χ1v) is 7.96. The second-order valence-electron chi connectivity index (χ2n) is 5.84. The van der Waals surface area contributed by atoms with Crippen LogP contribution in [0.3, 0.4) is 0 Å². The molecule has 22 heavy (non-hydrogen) atoms. The number of hydrogen-bond acceptors (Lipinski definition) is 3. The average Bonchev–Trinajstić information content (AvgIpc) is 3.06. The van der Waals surface area contributed by atoms with Crippen LogP contribution in [-0.2, 0) is 0 Å². The highest BCUT2D eigenvalue weighted by molar-refractivity contribution is 5.44. The van der Waals surface area contributed by atoms with Gasteiger partial charge in [0, 0.05) is 6.04 Å². The summed E-state index contributed by atoms with van der Waals surface area (Å²) in [6, 6.07) is 16.3. The summed E-state index contributed by atoms with van der Waals surface area (Å²) < 4.78 is 12.2. The van der Waals surface area contributed by atoms with Crippen molar-refractivity contribution in [3.05, 3.63) is 54.1 Å². The van der Waals surface area contributed by atoms with E-state index in [0.717, 1.165) is 29.4 Å². The Morgan fingerprint density at radius 1 is 1.00 bits per heavy atom. The van der Waals surface area contributed by atoms with Crippen molar-refractivity contribution in [1.82, 2.24) is 5.32 Å². The van der Waals surface area contributed by atoms with E-state index in [1.54, 1.807) is 0 Å². The molecule has 116 valence electrons. The minimum atomic E-state index is 0.129. The van der Waals surface area contributed by atoms with Crippen molar-refractivity contribution in [3.8, 4) is 17.2 Å². The molecule has 3 heteroatoms. The number of ether oxygens (including phenoxy) is 2. The van der Waals surface area contributed by atoms with Crippen molar-refractivity contribution in [1.29, 1.82) is 0 Å². The van der Waals surface area contributed by atoms with Crippen LogP contribution in [0.15, 0.2) is 48.5 Å². The number of aryl methyl sites for hydroxylation is 1. The summed E-state index contributed by atoms with van der Waals surface area (Å²) in [5, 5.41) is 3.49. The average molecular weight is 297 g/mol. The molecule has 3 rings (SSSR count). The van der Waals surface area contributed by atoms with Crippen LogP contribution < -0.4 is 14.8 Å². The molecule has 0 aliphatic carbocycles. The minimum Gasteiger partial charge on any atom is -0.485 e. The summed E-state index contributed by atoms with van der Waals surface area (Å²) in [7, 11) is 0. The van der Waals surface area contributed by atoms with E-state index in [4.69, 9.17) is 9.47 Å². The fraction of sp³-hybridized carbons (Fsp3) is 0.368. The molecule has 0 amide bonds. The van der Waals surface area contributed by atoms with E-state index in [1.165, 1.54) is 12.8 Å². The zero-order valence-corrected chi connectivity index (χ0v) is 13.2. The topological polar surface area (TPSA) is 30.5 Å². The predicted molar refractivity (Wildman–Crippen MR) is 88.8 cm³/mol. The number of rotatable bonds is 5. The van der Waals surface area contributed by atoms with Crippen LogP contribution in [0.25, 0.3) is 0 Å². The number of nitrogens with one attached hydrogen (secondary N) is 1. The highest BCUT2D eigenvalue weighted by Crippen LogP contribution is 2.33. The molecule has 0 spiro atoms. The highest BCUT2D eigenvalue weighted by atomic mass is 16.5. The Labute approximate surface area is 132 Å². The fourth-order valence-corrected chi connectivity index (χ4v) is 2.82. The Bertz CT molecular complexity index is 620. The first-order chi connectivity index (χ1) is 10.7. The molecule has 0 radical (unpaired) electrons. The zero-order chi connectivity index (χ0) is 15.4. The van der Waals surface area contributed by atoms with Crippen LogP contribution in [0.1, 0.15) is 25.3 Å². The van der Waals surface area contributed by atoms with Gasteiger partial charge in [-0.05, 0) is 57.0 Å². The monoisotopic (exact) mass is 297 g/mol. The molecule has 1 aliphatic heterocycles. The largest absolute Gasteiger partial charge is 0.485 e. The van der Waals surface area contributed by atoms with Gasteiger partial charge < -0.3 is 14.8 Å². The van der Waals surface area contributed by atoms with E-state index in [1.807, 2.05) is 55.5 Å². The molecule has 3 nitrogen and oxygen atoms in total. The zero-order valence-electron chi connectivity index (χ0n) is 13.2. The van der Waals surface area contributed by atoms with Crippen molar-refractivity contribution < 1.29 is 9.47 Å². The van der Waals surface area contributed by atoms with Gasteiger partial charge in [-0.15, -0.1) is 0 Å². The first-order valence-electron chi connectivity index (χ1n) is 7.96. The standard InChI is InChI=1S/C19H23NO2/c1-14-8-3-4-10-17(14)22-19-12-6-5-11-18(19)21-15(2)16-9-7-13-20-16/h3-6,8,10-12,15-16,20H,7,9,13H2,1-2H3. The molecular formula is C19H23NO2. The van der Waals surface area contributed by atoms with E-state index in [-0.39, 0.29) is 6.10 Å². The fourth-order valence-electron chi connectivity index (χ4n) is 2.82. The van der Waals surface area contributed by atoms with Gasteiger partial charge in [-0.2, -0.15) is 0 Å². The predicted octanol–water partition coefficient (Wildman–Crippen LogP) is 4.31. The maximum atomic E-state index is 6.15. The lowest BCUT2D eigenvalue weighted by molar-refractivity contribution is 0.174. The molecule has 0 saturated carbocycles. The second-order valence-corrected chi connectivity index (χ2v) is 5.84. The van der Waals surface area contributed by atoms with Crippen LogP contribution >= 0.6 is 0 Å². The van der Waals surface area contributed by atoms with Crippen LogP contribution in [0.4, 0.5) is 0 Å². The van der Waals surface area contributed by atoms with Gasteiger partial charge in [-0.25, -0.2) is 0 Å². The Hall–Kier alpha value is -2.00. The summed E-state index contributed by atoms with van der Waals surface area (Å²) in [6.45, 7) is 5.25. The van der Waals surface area contributed by atoms with Gasteiger partial charge >= 0.3 is 0 Å². The molecule has 1 saturated heterocycles. The lowest BCUT2D eigenvalue weighted by atomic mass is 10.1. The minimum absolute atomic E-state index is 0.129. The van der Waals surface area contributed by atoms with Gasteiger partial charge in [0.15, 0.2) is 11.5 Å². The van der Waals surface area contributed by atoms with Crippen molar-refractivity contribution in [2.45, 2.75) is 38.8 Å². The maximum absolute atomic E-state index is 6.15. The van der Waals surface area contributed by atoms with Crippen molar-refractivity contribution >= 4 is 0 Å². The van der Waals surface area contributed by atoms with Gasteiger partial charge in [0.2, 0.25) is 0 Å². The molecule has 2 unspecified atom stereocenters. The van der Waals surface area contributed by atoms with Crippen LogP contribution in [-0.4, -0.2) is 18.7 Å².